The zero-order valence-electron chi connectivity index (χ0n) is 10.5. The number of aromatic amines is 1. The monoisotopic (exact) mass is 247 g/mol. The Morgan fingerprint density at radius 2 is 2.33 bits per heavy atom. The molecule has 0 bridgehead atoms. The average Bonchev–Trinajstić information content (AvgIpc) is 2.66. The third-order valence-corrected chi connectivity index (χ3v) is 2.97. The number of rotatable bonds is 5. The summed E-state index contributed by atoms with van der Waals surface area (Å²) in [5, 5.41) is 12.0. The third-order valence-electron chi connectivity index (χ3n) is 2.97. The van der Waals surface area contributed by atoms with Gasteiger partial charge in [-0.15, -0.1) is 0 Å². The van der Waals surface area contributed by atoms with Crippen molar-refractivity contribution in [2.75, 3.05) is 13.6 Å². The molecule has 0 aliphatic rings. The van der Waals surface area contributed by atoms with E-state index in [0.29, 0.717) is 6.54 Å². The Morgan fingerprint density at radius 3 is 3.00 bits per heavy atom. The molecular weight excluding hydrogens is 230 g/mol. The smallest absolute Gasteiger partial charge is 0.304 e. The van der Waals surface area contributed by atoms with Crippen LogP contribution in [0.4, 0.5) is 0 Å². The van der Waals surface area contributed by atoms with Crippen molar-refractivity contribution in [2.45, 2.75) is 19.3 Å². The molecule has 0 fully saturated rings. The summed E-state index contributed by atoms with van der Waals surface area (Å²) in [6, 6.07) is 5.87. The SMILES string of the molecule is CNCC(CC(=O)O)c1ccc2nc(C)[nH]c2c1. The van der Waals surface area contributed by atoms with Gasteiger partial charge in [0.15, 0.2) is 0 Å². The maximum atomic E-state index is 10.9. The minimum absolute atomic E-state index is 0.0273. The van der Waals surface area contributed by atoms with Gasteiger partial charge in [0.1, 0.15) is 5.82 Å². The van der Waals surface area contributed by atoms with E-state index in [0.717, 1.165) is 22.4 Å². The number of aromatic nitrogens is 2. The topological polar surface area (TPSA) is 78.0 Å². The van der Waals surface area contributed by atoms with Gasteiger partial charge < -0.3 is 15.4 Å². The molecule has 1 aromatic carbocycles. The van der Waals surface area contributed by atoms with E-state index in [1.54, 1.807) is 0 Å². The Labute approximate surface area is 105 Å². The van der Waals surface area contributed by atoms with Crippen LogP contribution in [0.15, 0.2) is 18.2 Å². The standard InChI is InChI=1S/C13H17N3O2/c1-8-15-11-4-3-9(5-12(11)16-8)10(7-14-2)6-13(17)18/h3-5,10,14H,6-7H2,1-2H3,(H,15,16)(H,17,18). The van der Waals surface area contributed by atoms with Crippen LogP contribution in [0.5, 0.6) is 0 Å². The summed E-state index contributed by atoms with van der Waals surface area (Å²) in [4.78, 5) is 18.4. The summed E-state index contributed by atoms with van der Waals surface area (Å²) in [6.45, 7) is 2.55. The van der Waals surface area contributed by atoms with Crippen LogP contribution in [0.3, 0.4) is 0 Å². The van der Waals surface area contributed by atoms with E-state index in [4.69, 9.17) is 5.11 Å². The van der Waals surface area contributed by atoms with Crippen molar-refractivity contribution in [3.05, 3.63) is 29.6 Å². The number of carboxylic acids is 1. The van der Waals surface area contributed by atoms with Crippen molar-refractivity contribution in [2.24, 2.45) is 0 Å². The van der Waals surface area contributed by atoms with Crippen molar-refractivity contribution in [3.8, 4) is 0 Å². The van der Waals surface area contributed by atoms with Crippen LogP contribution in [-0.4, -0.2) is 34.6 Å². The largest absolute Gasteiger partial charge is 0.481 e. The van der Waals surface area contributed by atoms with E-state index in [1.165, 1.54) is 0 Å². The van der Waals surface area contributed by atoms with E-state index in [2.05, 4.69) is 15.3 Å². The second kappa shape index (κ2) is 5.18. The van der Waals surface area contributed by atoms with E-state index >= 15 is 0 Å². The molecule has 1 aromatic heterocycles. The van der Waals surface area contributed by atoms with Crippen LogP contribution in [-0.2, 0) is 4.79 Å². The Bertz CT molecular complexity index is 562. The van der Waals surface area contributed by atoms with Crippen molar-refractivity contribution in [3.63, 3.8) is 0 Å². The van der Waals surface area contributed by atoms with Crippen molar-refractivity contribution in [1.82, 2.24) is 15.3 Å². The molecule has 5 nitrogen and oxygen atoms in total. The van der Waals surface area contributed by atoms with Crippen molar-refractivity contribution >= 4 is 17.0 Å². The first-order valence-electron chi connectivity index (χ1n) is 5.93. The molecule has 0 spiro atoms. The van der Waals surface area contributed by atoms with Gasteiger partial charge in [0.2, 0.25) is 0 Å². The zero-order chi connectivity index (χ0) is 13.1. The number of hydrogen-bond acceptors (Lipinski definition) is 3. The third kappa shape index (κ3) is 2.68. The maximum Gasteiger partial charge on any atom is 0.304 e. The summed E-state index contributed by atoms with van der Waals surface area (Å²) in [5.74, 6) is 0.0576. The summed E-state index contributed by atoms with van der Waals surface area (Å²) < 4.78 is 0. The lowest BCUT2D eigenvalue weighted by atomic mass is 9.95. The number of nitrogens with zero attached hydrogens (tertiary/aromatic N) is 1. The molecule has 18 heavy (non-hydrogen) atoms. The van der Waals surface area contributed by atoms with Crippen LogP contribution in [0.1, 0.15) is 23.7 Å². The number of carboxylic acid groups (broad SMARTS) is 1. The van der Waals surface area contributed by atoms with E-state index < -0.39 is 5.97 Å². The Kier molecular flexibility index (Phi) is 3.62. The number of nitrogens with one attached hydrogen (secondary N) is 2. The van der Waals surface area contributed by atoms with Crippen LogP contribution >= 0.6 is 0 Å². The number of aliphatic carboxylic acids is 1. The van der Waals surface area contributed by atoms with Gasteiger partial charge in [-0.05, 0) is 31.7 Å². The predicted molar refractivity (Wildman–Crippen MR) is 69.8 cm³/mol. The normalized spacial score (nSPS) is 12.8. The van der Waals surface area contributed by atoms with E-state index in [9.17, 15) is 4.79 Å². The summed E-state index contributed by atoms with van der Waals surface area (Å²) in [5.41, 5.74) is 2.88. The zero-order valence-corrected chi connectivity index (χ0v) is 10.5. The number of likely N-dealkylation sites (N-methyl/N-ethyl adjacent to an activating group) is 1. The Morgan fingerprint density at radius 1 is 1.56 bits per heavy atom. The Balaban J connectivity index is 2.33. The highest BCUT2D eigenvalue weighted by Crippen LogP contribution is 2.23. The number of fused-ring (bicyclic) bond motifs is 1. The molecule has 96 valence electrons. The highest BCUT2D eigenvalue weighted by molar-refractivity contribution is 5.76. The fraction of sp³-hybridized carbons (Fsp3) is 0.385. The summed E-state index contributed by atoms with van der Waals surface area (Å²) in [6.07, 6.45) is 0.124. The highest BCUT2D eigenvalue weighted by Gasteiger charge is 2.15. The van der Waals surface area contributed by atoms with Gasteiger partial charge in [0, 0.05) is 12.5 Å². The molecular formula is C13H17N3O2. The fourth-order valence-corrected chi connectivity index (χ4v) is 2.17. The minimum atomic E-state index is -0.781. The fourth-order valence-electron chi connectivity index (χ4n) is 2.17. The first kappa shape index (κ1) is 12.6. The van der Waals surface area contributed by atoms with Gasteiger partial charge in [-0.25, -0.2) is 4.98 Å². The lowest BCUT2D eigenvalue weighted by Gasteiger charge is -2.14. The van der Waals surface area contributed by atoms with Crippen LogP contribution < -0.4 is 5.32 Å². The van der Waals surface area contributed by atoms with Gasteiger partial charge in [-0.1, -0.05) is 6.07 Å². The summed E-state index contributed by atoms with van der Waals surface area (Å²) >= 11 is 0. The second-order valence-corrected chi connectivity index (χ2v) is 4.45. The minimum Gasteiger partial charge on any atom is -0.481 e. The molecule has 1 unspecified atom stereocenters. The van der Waals surface area contributed by atoms with Crippen molar-refractivity contribution in [1.29, 1.82) is 0 Å². The maximum absolute atomic E-state index is 10.9. The first-order valence-corrected chi connectivity index (χ1v) is 5.93. The number of hydrogen-bond donors (Lipinski definition) is 3. The Hall–Kier alpha value is -1.88. The van der Waals surface area contributed by atoms with Crippen LogP contribution in [0, 0.1) is 6.92 Å². The molecule has 2 aromatic rings. The number of H-pyrrole nitrogens is 1. The first-order chi connectivity index (χ1) is 8.60. The summed E-state index contributed by atoms with van der Waals surface area (Å²) in [7, 11) is 1.83. The molecule has 0 amide bonds. The number of benzene rings is 1. The molecule has 2 rings (SSSR count). The average molecular weight is 247 g/mol. The lowest BCUT2D eigenvalue weighted by molar-refractivity contribution is -0.137. The van der Waals surface area contributed by atoms with Crippen LogP contribution in [0.25, 0.3) is 11.0 Å². The highest BCUT2D eigenvalue weighted by atomic mass is 16.4. The van der Waals surface area contributed by atoms with Crippen LogP contribution in [0.2, 0.25) is 0 Å². The van der Waals surface area contributed by atoms with Gasteiger partial charge in [0.25, 0.3) is 0 Å². The molecule has 0 saturated heterocycles. The molecule has 5 heteroatoms. The van der Waals surface area contributed by atoms with Crippen molar-refractivity contribution < 1.29 is 9.90 Å². The van der Waals surface area contributed by atoms with Gasteiger partial charge in [-0.3, -0.25) is 4.79 Å². The molecule has 0 aliphatic carbocycles. The molecule has 1 heterocycles. The quantitative estimate of drug-likeness (QED) is 0.750. The van der Waals surface area contributed by atoms with Gasteiger partial charge >= 0.3 is 5.97 Å². The molecule has 0 aliphatic heterocycles. The molecule has 1 atom stereocenters. The van der Waals surface area contributed by atoms with Gasteiger partial charge in [-0.2, -0.15) is 0 Å². The number of carbonyl (C=O) groups is 1. The van der Waals surface area contributed by atoms with Gasteiger partial charge in [0.05, 0.1) is 17.5 Å². The van der Waals surface area contributed by atoms with E-state index in [1.807, 2.05) is 32.2 Å². The number of aryl methyl sites for hydroxylation is 1. The lowest BCUT2D eigenvalue weighted by Crippen LogP contribution is -2.19. The molecule has 0 saturated carbocycles. The molecule has 0 radical (unpaired) electrons. The van der Waals surface area contributed by atoms with E-state index in [-0.39, 0.29) is 12.3 Å². The number of imidazole rings is 1. The molecule has 3 N–H and O–H groups in total. The second-order valence-electron chi connectivity index (χ2n) is 4.45. The predicted octanol–water partition coefficient (Wildman–Crippen LogP) is 1.65.